The van der Waals surface area contributed by atoms with Gasteiger partial charge in [0.05, 0.1) is 17.9 Å². The van der Waals surface area contributed by atoms with Crippen molar-refractivity contribution in [3.63, 3.8) is 0 Å². The molecular formula is C22H24FN3O4S. The number of aromatic amines is 1. The second-order valence-corrected chi connectivity index (χ2v) is 8.58. The molecule has 0 saturated carbocycles. The molecule has 4 rings (SSSR count). The van der Waals surface area contributed by atoms with Gasteiger partial charge in [0.15, 0.2) is 0 Å². The number of carbonyl (C=O) groups is 1. The van der Waals surface area contributed by atoms with E-state index in [1.165, 1.54) is 28.0 Å². The zero-order valence-electron chi connectivity index (χ0n) is 17.2. The van der Waals surface area contributed by atoms with Crippen molar-refractivity contribution in [1.29, 1.82) is 0 Å². The summed E-state index contributed by atoms with van der Waals surface area (Å²) in [7, 11) is 0. The lowest BCUT2D eigenvalue weighted by Gasteiger charge is -2.37. The number of fused-ring (bicyclic) bond motifs is 1. The van der Waals surface area contributed by atoms with Crippen LogP contribution in [0.25, 0.3) is 10.2 Å². The number of likely N-dealkylation sites (tertiary alicyclic amines) is 1. The Hall–Kier alpha value is -2.78. The van der Waals surface area contributed by atoms with Gasteiger partial charge in [-0.1, -0.05) is 12.1 Å². The fourth-order valence-electron chi connectivity index (χ4n) is 4.27. The second-order valence-electron chi connectivity index (χ2n) is 7.66. The summed E-state index contributed by atoms with van der Waals surface area (Å²) < 4.78 is 20.2. The molecule has 0 radical (unpaired) electrons. The Labute approximate surface area is 182 Å². The van der Waals surface area contributed by atoms with E-state index in [9.17, 15) is 18.8 Å². The van der Waals surface area contributed by atoms with Crippen molar-refractivity contribution >= 4 is 27.5 Å². The zero-order valence-corrected chi connectivity index (χ0v) is 18.0. The van der Waals surface area contributed by atoms with Crippen LogP contribution in [0.4, 0.5) is 4.39 Å². The van der Waals surface area contributed by atoms with E-state index in [2.05, 4.69) is 9.88 Å². The first-order valence-electron chi connectivity index (χ1n) is 10.3. The third kappa shape index (κ3) is 4.47. The van der Waals surface area contributed by atoms with E-state index in [-0.39, 0.29) is 36.4 Å². The number of ether oxygens (including phenoxy) is 1. The van der Waals surface area contributed by atoms with E-state index < -0.39 is 11.6 Å². The van der Waals surface area contributed by atoms with Crippen LogP contribution >= 0.6 is 11.3 Å². The summed E-state index contributed by atoms with van der Waals surface area (Å²) in [4.78, 5) is 43.0. The second kappa shape index (κ2) is 9.15. The first-order chi connectivity index (χ1) is 15.0. The van der Waals surface area contributed by atoms with Gasteiger partial charge in [-0.05, 0) is 54.9 Å². The molecular weight excluding hydrogens is 421 g/mol. The molecule has 1 saturated heterocycles. The van der Waals surface area contributed by atoms with Crippen LogP contribution in [0.5, 0.6) is 0 Å². The number of carbonyl (C=O) groups excluding carboxylic acids is 1. The van der Waals surface area contributed by atoms with Gasteiger partial charge in [-0.15, -0.1) is 11.3 Å². The highest BCUT2D eigenvalue weighted by molar-refractivity contribution is 7.16. The fourth-order valence-corrected chi connectivity index (χ4v) is 5.04. The van der Waals surface area contributed by atoms with Gasteiger partial charge < -0.3 is 9.64 Å². The molecule has 31 heavy (non-hydrogen) atoms. The summed E-state index contributed by atoms with van der Waals surface area (Å²) in [6.45, 7) is 3.80. The Bertz CT molecular complexity index is 1200. The number of hydrogen-bond donors (Lipinski definition) is 1. The average molecular weight is 446 g/mol. The predicted molar refractivity (Wildman–Crippen MR) is 117 cm³/mol. The molecule has 1 aromatic carbocycles. The lowest BCUT2D eigenvalue weighted by molar-refractivity contribution is -0.150. The molecule has 0 bridgehead atoms. The van der Waals surface area contributed by atoms with Crippen molar-refractivity contribution < 1.29 is 13.9 Å². The van der Waals surface area contributed by atoms with E-state index in [0.29, 0.717) is 36.3 Å². The number of nitrogens with one attached hydrogen (secondary N) is 1. The molecule has 1 N–H and O–H groups in total. The third-order valence-corrected chi connectivity index (χ3v) is 6.64. The Morgan fingerprint density at radius 2 is 2.13 bits per heavy atom. The average Bonchev–Trinajstić information content (AvgIpc) is 3.22. The van der Waals surface area contributed by atoms with Crippen LogP contribution in [0.15, 0.2) is 45.3 Å². The van der Waals surface area contributed by atoms with E-state index in [4.69, 9.17) is 4.74 Å². The van der Waals surface area contributed by atoms with Gasteiger partial charge in [-0.3, -0.25) is 19.1 Å². The molecule has 9 heteroatoms. The zero-order chi connectivity index (χ0) is 22.0. The molecule has 3 heterocycles. The number of benzene rings is 1. The lowest BCUT2D eigenvalue weighted by atomic mass is 9.80. The van der Waals surface area contributed by atoms with Crippen molar-refractivity contribution in [3.05, 3.63) is 67.9 Å². The van der Waals surface area contributed by atoms with Crippen molar-refractivity contribution in [2.24, 2.45) is 5.92 Å². The normalized spacial score (nSPS) is 19.5. The number of piperidine rings is 1. The van der Waals surface area contributed by atoms with E-state index in [0.717, 1.165) is 5.56 Å². The van der Waals surface area contributed by atoms with Gasteiger partial charge >= 0.3 is 11.7 Å². The van der Waals surface area contributed by atoms with Crippen molar-refractivity contribution in [2.75, 3.05) is 26.2 Å². The highest BCUT2D eigenvalue weighted by atomic mass is 32.1. The van der Waals surface area contributed by atoms with E-state index in [1.807, 2.05) is 6.07 Å². The SMILES string of the molecule is CCOC(=O)[C@@H]1CN(CCn2c(=O)[nH]c3sccc3c2=O)CCC1c1cccc(F)c1. The molecule has 1 fully saturated rings. The Morgan fingerprint density at radius 1 is 1.29 bits per heavy atom. The molecule has 3 aromatic rings. The molecule has 0 spiro atoms. The van der Waals surface area contributed by atoms with Crippen LogP contribution in [0.2, 0.25) is 0 Å². The maximum atomic E-state index is 13.8. The van der Waals surface area contributed by atoms with Crippen LogP contribution in [-0.4, -0.2) is 46.7 Å². The van der Waals surface area contributed by atoms with Crippen LogP contribution in [0.1, 0.15) is 24.8 Å². The van der Waals surface area contributed by atoms with Crippen molar-refractivity contribution in [2.45, 2.75) is 25.8 Å². The maximum absolute atomic E-state index is 13.8. The van der Waals surface area contributed by atoms with Crippen LogP contribution < -0.4 is 11.2 Å². The monoisotopic (exact) mass is 445 g/mol. The topological polar surface area (TPSA) is 84.4 Å². The minimum absolute atomic E-state index is 0.140. The standard InChI is InChI=1S/C22H24FN3O4S/c1-2-30-21(28)18-13-25(8-6-16(18)14-4-3-5-15(23)12-14)9-10-26-20(27)17-7-11-31-19(17)24-22(26)29/h3-5,7,11-12,16,18H,2,6,8-10,13H2,1H3,(H,24,29)/t16?,18-/m1/s1. The number of nitrogens with zero attached hydrogens (tertiary/aromatic N) is 2. The number of esters is 1. The quantitative estimate of drug-likeness (QED) is 0.590. The molecule has 0 aliphatic carbocycles. The molecule has 1 aliphatic heterocycles. The predicted octanol–water partition coefficient (Wildman–Crippen LogP) is 2.56. The summed E-state index contributed by atoms with van der Waals surface area (Å²) >= 11 is 1.32. The Kier molecular flexibility index (Phi) is 6.33. The number of rotatable bonds is 6. The smallest absolute Gasteiger partial charge is 0.329 e. The summed E-state index contributed by atoms with van der Waals surface area (Å²) in [6.07, 6.45) is 0.655. The minimum atomic E-state index is -0.440. The molecule has 164 valence electrons. The first kappa shape index (κ1) is 21.5. The van der Waals surface area contributed by atoms with Crippen molar-refractivity contribution in [1.82, 2.24) is 14.5 Å². The van der Waals surface area contributed by atoms with Gasteiger partial charge in [0.2, 0.25) is 0 Å². The minimum Gasteiger partial charge on any atom is -0.466 e. The number of halogens is 1. The number of H-pyrrole nitrogens is 1. The molecule has 0 amide bonds. The van der Waals surface area contributed by atoms with E-state index in [1.54, 1.807) is 24.4 Å². The van der Waals surface area contributed by atoms with Gasteiger partial charge in [0.25, 0.3) is 5.56 Å². The molecule has 1 unspecified atom stereocenters. The lowest BCUT2D eigenvalue weighted by Crippen LogP contribution is -2.46. The Morgan fingerprint density at radius 3 is 2.90 bits per heavy atom. The first-order valence-corrected chi connectivity index (χ1v) is 11.2. The number of thiophene rings is 1. The van der Waals surface area contributed by atoms with Gasteiger partial charge in [-0.2, -0.15) is 0 Å². The molecule has 1 aliphatic rings. The molecule has 2 aromatic heterocycles. The fraction of sp³-hybridized carbons (Fsp3) is 0.409. The van der Waals surface area contributed by atoms with Crippen LogP contribution in [0, 0.1) is 11.7 Å². The summed E-state index contributed by atoms with van der Waals surface area (Å²) in [5.74, 6) is -1.22. The van der Waals surface area contributed by atoms with E-state index >= 15 is 0 Å². The number of hydrogen-bond acceptors (Lipinski definition) is 6. The third-order valence-electron chi connectivity index (χ3n) is 5.81. The molecule has 7 nitrogen and oxygen atoms in total. The largest absolute Gasteiger partial charge is 0.466 e. The van der Waals surface area contributed by atoms with Crippen LogP contribution in [-0.2, 0) is 16.1 Å². The molecule has 2 atom stereocenters. The van der Waals surface area contributed by atoms with Gasteiger partial charge in [0, 0.05) is 19.6 Å². The van der Waals surface area contributed by atoms with Gasteiger partial charge in [0.1, 0.15) is 10.6 Å². The summed E-state index contributed by atoms with van der Waals surface area (Å²) in [5.41, 5.74) is 0.0430. The summed E-state index contributed by atoms with van der Waals surface area (Å²) in [5, 5.41) is 2.27. The highest BCUT2D eigenvalue weighted by Gasteiger charge is 2.36. The number of aromatic nitrogens is 2. The summed E-state index contributed by atoms with van der Waals surface area (Å²) in [6, 6.07) is 8.05. The maximum Gasteiger partial charge on any atom is 0.329 e. The van der Waals surface area contributed by atoms with Crippen molar-refractivity contribution in [3.8, 4) is 0 Å². The van der Waals surface area contributed by atoms with Gasteiger partial charge in [-0.25, -0.2) is 9.18 Å². The Balaban J connectivity index is 1.51. The highest BCUT2D eigenvalue weighted by Crippen LogP contribution is 2.34. The van der Waals surface area contributed by atoms with Crippen LogP contribution in [0.3, 0.4) is 0 Å².